The lowest BCUT2D eigenvalue weighted by atomic mass is 9.72. The van der Waals surface area contributed by atoms with Gasteiger partial charge in [-0.25, -0.2) is 9.78 Å². The molecule has 4 aromatic rings. The van der Waals surface area contributed by atoms with Gasteiger partial charge in [0.05, 0.1) is 35.2 Å². The molecule has 2 unspecified atom stereocenters. The Morgan fingerprint density at radius 1 is 1.23 bits per heavy atom. The molecule has 4 heterocycles. The second-order valence-corrected chi connectivity index (χ2v) is 9.88. The van der Waals surface area contributed by atoms with E-state index in [0.29, 0.717) is 28.7 Å². The Kier molecular flexibility index (Phi) is 5.36. The quantitative estimate of drug-likeness (QED) is 0.348. The van der Waals surface area contributed by atoms with E-state index in [4.69, 9.17) is 14.1 Å². The van der Waals surface area contributed by atoms with Gasteiger partial charge in [-0.05, 0) is 68.3 Å². The van der Waals surface area contributed by atoms with Crippen LogP contribution >= 0.6 is 11.8 Å². The van der Waals surface area contributed by atoms with Crippen molar-refractivity contribution >= 4 is 45.9 Å². The minimum Gasteiger partial charge on any atom is -0.461 e. The summed E-state index contributed by atoms with van der Waals surface area (Å²) < 4.78 is 11.5. The van der Waals surface area contributed by atoms with Gasteiger partial charge >= 0.3 is 5.97 Å². The van der Waals surface area contributed by atoms with Crippen molar-refractivity contribution in [3.63, 3.8) is 0 Å². The van der Waals surface area contributed by atoms with Gasteiger partial charge in [0.15, 0.2) is 15.9 Å². The largest absolute Gasteiger partial charge is 0.461 e. The van der Waals surface area contributed by atoms with Crippen LogP contribution in [-0.2, 0) is 9.53 Å². The van der Waals surface area contributed by atoms with E-state index < -0.39 is 5.97 Å². The van der Waals surface area contributed by atoms with Crippen molar-refractivity contribution < 1.29 is 18.7 Å². The monoisotopic (exact) mass is 488 g/mol. The van der Waals surface area contributed by atoms with Crippen LogP contribution in [0.3, 0.4) is 0 Å². The number of benzene rings is 1. The topological polar surface area (TPSA) is 113 Å². The summed E-state index contributed by atoms with van der Waals surface area (Å²) in [5.74, 6) is -0.364. The standard InChI is InChI=1S/C26H24N4O4S/c1-3-33-25(32)24-23-14(12-27-24)21(22-16(28-23)5-4-6-18(22)31)19-9-10-20(34-19)35-26-29-15-8-7-13(2)11-17(15)30-26/h7-12,21-22,27H,3-6H2,1-2H3,(H,29,30). The molecule has 9 heteroatoms. The summed E-state index contributed by atoms with van der Waals surface area (Å²) >= 11 is 1.40. The molecule has 1 fully saturated rings. The van der Waals surface area contributed by atoms with Crippen LogP contribution in [-0.4, -0.2) is 39.0 Å². The van der Waals surface area contributed by atoms with Crippen LogP contribution in [0.25, 0.3) is 11.0 Å². The van der Waals surface area contributed by atoms with Gasteiger partial charge in [0.2, 0.25) is 0 Å². The second kappa shape index (κ2) is 8.57. The van der Waals surface area contributed by atoms with Gasteiger partial charge in [0.25, 0.3) is 0 Å². The van der Waals surface area contributed by atoms with E-state index in [1.54, 1.807) is 13.1 Å². The van der Waals surface area contributed by atoms with Gasteiger partial charge in [0, 0.05) is 23.9 Å². The van der Waals surface area contributed by atoms with Crippen molar-refractivity contribution in [1.82, 2.24) is 15.0 Å². The van der Waals surface area contributed by atoms with Gasteiger partial charge in [-0.3, -0.25) is 9.79 Å². The molecule has 0 saturated heterocycles. The summed E-state index contributed by atoms with van der Waals surface area (Å²) in [6.45, 7) is 4.08. The third kappa shape index (κ3) is 3.80. The Labute approximate surface area is 205 Å². The lowest BCUT2D eigenvalue weighted by Gasteiger charge is -2.32. The number of nitrogens with one attached hydrogen (secondary N) is 2. The first-order chi connectivity index (χ1) is 17.0. The SMILES string of the molecule is CCOC(=O)c1[nH]cc2c1N=C1CCCC(=O)C1C2c1ccc(Sc2nc3ccc(C)cc3[nH]2)o1. The molecule has 1 aliphatic heterocycles. The lowest BCUT2D eigenvalue weighted by molar-refractivity contribution is -0.122. The molecule has 2 aliphatic rings. The van der Waals surface area contributed by atoms with Gasteiger partial charge in [-0.15, -0.1) is 0 Å². The number of ether oxygens (including phenoxy) is 1. The normalized spacial score (nSPS) is 19.4. The van der Waals surface area contributed by atoms with E-state index in [1.165, 1.54) is 11.8 Å². The first-order valence-electron chi connectivity index (χ1n) is 11.7. The van der Waals surface area contributed by atoms with E-state index in [0.717, 1.165) is 45.9 Å². The first kappa shape index (κ1) is 21.9. The number of rotatable bonds is 5. The van der Waals surface area contributed by atoms with Crippen LogP contribution in [0.2, 0.25) is 0 Å². The van der Waals surface area contributed by atoms with E-state index in [2.05, 4.69) is 21.0 Å². The Bertz CT molecular complexity index is 1490. The molecule has 3 aromatic heterocycles. The van der Waals surface area contributed by atoms with Crippen LogP contribution in [0.4, 0.5) is 5.69 Å². The summed E-state index contributed by atoms with van der Waals surface area (Å²) in [4.78, 5) is 41.3. The number of hydrogen-bond acceptors (Lipinski definition) is 7. The number of carbonyl (C=O) groups is 2. The minimum absolute atomic E-state index is 0.155. The van der Waals surface area contributed by atoms with Crippen molar-refractivity contribution in [2.75, 3.05) is 6.61 Å². The van der Waals surface area contributed by atoms with E-state index >= 15 is 0 Å². The maximum absolute atomic E-state index is 13.0. The van der Waals surface area contributed by atoms with Crippen LogP contribution in [0.15, 0.2) is 56.2 Å². The number of H-pyrrole nitrogens is 2. The Balaban J connectivity index is 1.37. The highest BCUT2D eigenvalue weighted by Crippen LogP contribution is 2.48. The molecule has 6 rings (SSSR count). The van der Waals surface area contributed by atoms with Gasteiger partial charge in [0.1, 0.15) is 11.5 Å². The Morgan fingerprint density at radius 2 is 2.11 bits per heavy atom. The maximum atomic E-state index is 13.0. The zero-order valence-electron chi connectivity index (χ0n) is 19.4. The molecule has 1 saturated carbocycles. The Morgan fingerprint density at radius 3 is 2.97 bits per heavy atom. The van der Waals surface area contributed by atoms with Crippen molar-refractivity contribution in [3.05, 3.63) is 59.1 Å². The molecule has 2 N–H and O–H groups in total. The molecule has 0 radical (unpaired) electrons. The maximum Gasteiger partial charge on any atom is 0.357 e. The van der Waals surface area contributed by atoms with Gasteiger partial charge < -0.3 is 19.1 Å². The molecule has 0 spiro atoms. The summed E-state index contributed by atoms with van der Waals surface area (Å²) in [5.41, 5.74) is 5.49. The van der Waals surface area contributed by atoms with E-state index in [9.17, 15) is 9.59 Å². The lowest BCUT2D eigenvalue weighted by Crippen LogP contribution is -2.36. The highest BCUT2D eigenvalue weighted by molar-refractivity contribution is 7.99. The average molecular weight is 489 g/mol. The number of aryl methyl sites for hydroxylation is 1. The number of esters is 1. The summed E-state index contributed by atoms with van der Waals surface area (Å²) in [6, 6.07) is 9.89. The van der Waals surface area contributed by atoms with Crippen molar-refractivity contribution in [3.8, 4) is 0 Å². The van der Waals surface area contributed by atoms with Crippen molar-refractivity contribution in [2.24, 2.45) is 10.9 Å². The molecule has 1 aromatic carbocycles. The van der Waals surface area contributed by atoms with Crippen LogP contribution in [0.1, 0.15) is 59.5 Å². The molecule has 0 bridgehead atoms. The smallest absolute Gasteiger partial charge is 0.357 e. The molecular weight excluding hydrogens is 464 g/mol. The first-order valence-corrected chi connectivity index (χ1v) is 12.6. The van der Waals surface area contributed by atoms with Gasteiger partial charge in [-0.1, -0.05) is 6.07 Å². The molecule has 35 heavy (non-hydrogen) atoms. The highest BCUT2D eigenvalue weighted by atomic mass is 32.2. The molecular formula is C26H24N4O4S. The molecule has 8 nitrogen and oxygen atoms in total. The fourth-order valence-electron chi connectivity index (χ4n) is 5.03. The number of carbonyl (C=O) groups excluding carboxylic acids is 2. The fraction of sp³-hybridized carbons (Fsp3) is 0.308. The Hall–Kier alpha value is -3.59. The highest BCUT2D eigenvalue weighted by Gasteiger charge is 2.44. The number of nitrogens with zero attached hydrogens (tertiary/aromatic N) is 2. The van der Waals surface area contributed by atoms with E-state index in [1.807, 2.05) is 31.2 Å². The predicted molar refractivity (Wildman–Crippen MR) is 132 cm³/mol. The number of aromatic amines is 2. The number of hydrogen-bond donors (Lipinski definition) is 2. The van der Waals surface area contributed by atoms with Crippen LogP contribution in [0, 0.1) is 12.8 Å². The second-order valence-electron chi connectivity index (χ2n) is 8.89. The molecule has 178 valence electrons. The number of Topliss-reactive ketones (excluding diaryl/α,β-unsaturated/α-hetero) is 1. The molecule has 0 amide bonds. The predicted octanol–water partition coefficient (Wildman–Crippen LogP) is 5.71. The summed E-state index contributed by atoms with van der Waals surface area (Å²) in [6.07, 6.45) is 3.76. The van der Waals surface area contributed by atoms with Crippen molar-refractivity contribution in [2.45, 2.75) is 49.3 Å². The van der Waals surface area contributed by atoms with Crippen LogP contribution < -0.4 is 0 Å². The number of aromatic nitrogens is 3. The zero-order valence-corrected chi connectivity index (χ0v) is 20.2. The summed E-state index contributed by atoms with van der Waals surface area (Å²) in [7, 11) is 0. The number of fused-ring (bicyclic) bond motifs is 3. The van der Waals surface area contributed by atoms with Crippen molar-refractivity contribution in [1.29, 1.82) is 0 Å². The average Bonchev–Trinajstić information content (AvgIpc) is 3.56. The minimum atomic E-state index is -0.451. The number of imidazole rings is 1. The van der Waals surface area contributed by atoms with E-state index in [-0.39, 0.29) is 24.2 Å². The summed E-state index contributed by atoms with van der Waals surface area (Å²) in [5, 5.41) is 1.41. The number of aliphatic imine (C=N–C) groups is 1. The molecule has 2 atom stereocenters. The number of ketones is 1. The number of furan rings is 1. The third-order valence-electron chi connectivity index (χ3n) is 6.57. The molecule has 1 aliphatic carbocycles. The van der Waals surface area contributed by atoms with Gasteiger partial charge in [-0.2, -0.15) is 0 Å². The third-order valence-corrected chi connectivity index (χ3v) is 7.38. The van der Waals surface area contributed by atoms with Crippen LogP contribution in [0.5, 0.6) is 0 Å². The fourth-order valence-corrected chi connectivity index (χ4v) is 5.80. The zero-order chi connectivity index (χ0) is 24.1.